The van der Waals surface area contributed by atoms with Gasteiger partial charge in [-0.05, 0) is 42.5 Å². The van der Waals surface area contributed by atoms with Crippen molar-refractivity contribution in [2.45, 2.75) is 16.1 Å². The number of alkyl halides is 2. The van der Waals surface area contributed by atoms with Crippen molar-refractivity contribution in [1.82, 2.24) is 15.8 Å². The number of carbonyl (C=O) groups is 5. The third-order valence-electron chi connectivity index (χ3n) is 6.15. The smallest absolute Gasteiger partial charge is 0.326 e. The zero-order valence-corrected chi connectivity index (χ0v) is 20.4. The van der Waals surface area contributed by atoms with Crippen LogP contribution in [0.25, 0.3) is 0 Å². The van der Waals surface area contributed by atoms with Crippen LogP contribution in [0, 0.1) is 23.7 Å². The van der Waals surface area contributed by atoms with Gasteiger partial charge >= 0.3 is 5.97 Å². The Morgan fingerprint density at radius 2 is 1.56 bits per heavy atom. The van der Waals surface area contributed by atoms with E-state index in [1.54, 1.807) is 0 Å². The van der Waals surface area contributed by atoms with Gasteiger partial charge < -0.3 is 4.74 Å². The first-order chi connectivity index (χ1) is 15.2. The molecule has 4 rings (SSSR count). The summed E-state index contributed by atoms with van der Waals surface area (Å²) in [6.45, 7) is -1.23. The van der Waals surface area contributed by atoms with Crippen molar-refractivity contribution in [3.05, 3.63) is 34.9 Å². The van der Waals surface area contributed by atoms with Crippen molar-refractivity contribution in [3.63, 3.8) is 0 Å². The highest BCUT2D eigenvalue weighted by Crippen LogP contribution is 2.60. The summed E-state index contributed by atoms with van der Waals surface area (Å²) in [7, 11) is 0. The van der Waals surface area contributed by atoms with Crippen molar-refractivity contribution in [2.24, 2.45) is 23.7 Å². The summed E-state index contributed by atoms with van der Waals surface area (Å²) in [5.74, 6) is -3.74. The van der Waals surface area contributed by atoms with Crippen LogP contribution in [0.1, 0.15) is 16.8 Å². The minimum atomic E-state index is -0.885. The van der Waals surface area contributed by atoms with Gasteiger partial charge in [-0.2, -0.15) is 0 Å². The van der Waals surface area contributed by atoms with Gasteiger partial charge in [0.15, 0.2) is 6.61 Å². The molecular formula is C20H18Br2ClN3O6. The van der Waals surface area contributed by atoms with Crippen LogP contribution >= 0.6 is 43.5 Å². The largest absolute Gasteiger partial charge is 0.454 e. The first-order valence-electron chi connectivity index (χ1n) is 9.82. The number of rotatable bonds is 5. The van der Waals surface area contributed by atoms with E-state index < -0.39 is 42.8 Å². The van der Waals surface area contributed by atoms with Gasteiger partial charge in [0.25, 0.3) is 11.8 Å². The molecule has 3 aliphatic rings. The molecule has 1 aliphatic heterocycles. The summed E-state index contributed by atoms with van der Waals surface area (Å²) in [5.41, 5.74) is 4.57. The molecule has 6 atom stereocenters. The summed E-state index contributed by atoms with van der Waals surface area (Å²) in [6.07, 6.45) is 0.791. The third kappa shape index (κ3) is 4.17. The Kier molecular flexibility index (Phi) is 6.60. The average molecular weight is 592 g/mol. The fraction of sp³-hybridized carbons (Fsp3) is 0.450. The lowest BCUT2D eigenvalue weighted by Crippen LogP contribution is -2.44. The molecule has 1 aromatic rings. The van der Waals surface area contributed by atoms with E-state index in [4.69, 9.17) is 16.3 Å². The Morgan fingerprint density at radius 1 is 1.00 bits per heavy atom. The number of ether oxygens (including phenoxy) is 1. The van der Waals surface area contributed by atoms with E-state index in [-0.39, 0.29) is 38.9 Å². The van der Waals surface area contributed by atoms with Gasteiger partial charge in [0.2, 0.25) is 11.8 Å². The molecule has 4 amide bonds. The van der Waals surface area contributed by atoms with Crippen molar-refractivity contribution >= 4 is 73.1 Å². The molecule has 0 radical (unpaired) electrons. The number of halogens is 3. The van der Waals surface area contributed by atoms with Crippen molar-refractivity contribution in [1.29, 1.82) is 0 Å². The lowest BCUT2D eigenvalue weighted by atomic mass is 9.81. The maximum Gasteiger partial charge on any atom is 0.326 e. The van der Waals surface area contributed by atoms with E-state index in [1.165, 1.54) is 24.3 Å². The lowest BCUT2D eigenvalue weighted by Gasteiger charge is -2.28. The van der Waals surface area contributed by atoms with Crippen LogP contribution < -0.4 is 10.9 Å². The number of fused-ring (bicyclic) bond motifs is 5. The van der Waals surface area contributed by atoms with Crippen LogP contribution in [0.2, 0.25) is 5.02 Å². The van der Waals surface area contributed by atoms with E-state index in [0.29, 0.717) is 5.02 Å². The number of nitrogens with one attached hydrogen (secondary N) is 2. The lowest BCUT2D eigenvalue weighted by molar-refractivity contribution is -0.155. The van der Waals surface area contributed by atoms with Gasteiger partial charge in [0, 0.05) is 20.2 Å². The molecule has 1 aromatic carbocycles. The molecule has 3 fully saturated rings. The maximum atomic E-state index is 12.8. The summed E-state index contributed by atoms with van der Waals surface area (Å²) < 4.78 is 4.87. The van der Waals surface area contributed by atoms with Crippen molar-refractivity contribution < 1.29 is 28.7 Å². The standard InChI is InChI=1S/C20H18Br2ClN3O6/c21-16-10-5-11(17(16)22)15-14(10)19(30)26(20(15)31)6-13(28)32-7-12(27)24-25-18(29)8-1-3-9(23)4-2-8/h1-4,10-11,14-17H,5-7H2,(H,24,27)(H,25,29)/t10-,11-,14-,15+,16-,17+/m1/s1. The first-order valence-corrected chi connectivity index (χ1v) is 12.0. The molecule has 170 valence electrons. The number of benzene rings is 1. The number of amides is 4. The molecule has 9 nitrogen and oxygen atoms in total. The fourth-order valence-corrected chi connectivity index (χ4v) is 6.72. The molecule has 2 aliphatic carbocycles. The molecule has 1 saturated heterocycles. The molecule has 1 heterocycles. The van der Waals surface area contributed by atoms with Crippen LogP contribution in [-0.2, 0) is 23.9 Å². The molecule has 0 spiro atoms. The monoisotopic (exact) mass is 589 g/mol. The summed E-state index contributed by atoms with van der Waals surface area (Å²) in [5, 5.41) is 0.461. The summed E-state index contributed by atoms with van der Waals surface area (Å²) >= 11 is 12.9. The number of likely N-dealkylation sites (tertiary alicyclic amines) is 1. The van der Waals surface area contributed by atoms with E-state index in [2.05, 4.69) is 42.7 Å². The molecule has 0 aromatic heterocycles. The van der Waals surface area contributed by atoms with Crippen LogP contribution in [-0.4, -0.2) is 57.3 Å². The molecule has 32 heavy (non-hydrogen) atoms. The van der Waals surface area contributed by atoms with Gasteiger partial charge in [0.05, 0.1) is 11.8 Å². The predicted octanol–water partition coefficient (Wildman–Crippen LogP) is 1.42. The highest BCUT2D eigenvalue weighted by Gasteiger charge is 2.66. The SMILES string of the molecule is O=C(COC(=O)CN1C(=O)[C@@H]2[C@H]3C[C@@H]([C@H](Br)[C@@H]3Br)[C@@H]2C1=O)NNC(=O)c1ccc(Cl)cc1. The zero-order chi connectivity index (χ0) is 23.2. The molecule has 0 unspecified atom stereocenters. The van der Waals surface area contributed by atoms with Gasteiger partial charge in [0.1, 0.15) is 6.54 Å². The number of hydrogen-bond acceptors (Lipinski definition) is 6. The molecule has 12 heteroatoms. The Morgan fingerprint density at radius 3 is 2.12 bits per heavy atom. The second-order valence-electron chi connectivity index (χ2n) is 7.94. The van der Waals surface area contributed by atoms with Gasteiger partial charge in [-0.15, -0.1) is 0 Å². The Balaban J connectivity index is 1.24. The highest BCUT2D eigenvalue weighted by molar-refractivity contribution is 9.12. The van der Waals surface area contributed by atoms with Crippen molar-refractivity contribution in [2.75, 3.05) is 13.2 Å². The number of esters is 1. The topological polar surface area (TPSA) is 122 Å². The summed E-state index contributed by atoms with van der Waals surface area (Å²) in [6, 6.07) is 6.00. The Bertz CT molecular complexity index is 958. The Hall–Kier alpha value is -1.98. The Labute approximate surface area is 204 Å². The molecular weight excluding hydrogens is 573 g/mol. The number of nitrogens with zero attached hydrogens (tertiary/aromatic N) is 1. The van der Waals surface area contributed by atoms with Crippen LogP contribution in [0.3, 0.4) is 0 Å². The van der Waals surface area contributed by atoms with Gasteiger partial charge in [-0.1, -0.05) is 43.5 Å². The first kappa shape index (κ1) is 23.2. The van der Waals surface area contributed by atoms with E-state index in [1.807, 2.05) is 0 Å². The molecule has 2 bridgehead atoms. The van der Waals surface area contributed by atoms with Gasteiger partial charge in [-0.25, -0.2) is 0 Å². The van der Waals surface area contributed by atoms with Crippen molar-refractivity contribution in [3.8, 4) is 0 Å². The van der Waals surface area contributed by atoms with E-state index >= 15 is 0 Å². The molecule has 2 saturated carbocycles. The number of hydrogen-bond donors (Lipinski definition) is 2. The number of hydrazine groups is 1. The molecule has 2 N–H and O–H groups in total. The predicted molar refractivity (Wildman–Crippen MR) is 119 cm³/mol. The second-order valence-corrected chi connectivity index (χ2v) is 10.5. The van der Waals surface area contributed by atoms with E-state index in [9.17, 15) is 24.0 Å². The van der Waals surface area contributed by atoms with Crippen LogP contribution in [0.4, 0.5) is 0 Å². The quantitative estimate of drug-likeness (QED) is 0.231. The minimum Gasteiger partial charge on any atom is -0.454 e. The summed E-state index contributed by atoms with van der Waals surface area (Å²) in [4.78, 5) is 62.6. The van der Waals surface area contributed by atoms with E-state index in [0.717, 1.165) is 11.3 Å². The number of imide groups is 1. The average Bonchev–Trinajstić information content (AvgIpc) is 3.37. The van der Waals surface area contributed by atoms with Gasteiger partial charge in [-0.3, -0.25) is 39.7 Å². The normalized spacial score (nSPS) is 30.3. The second kappa shape index (κ2) is 9.11. The zero-order valence-electron chi connectivity index (χ0n) is 16.4. The fourth-order valence-electron chi connectivity index (χ4n) is 4.72. The highest BCUT2D eigenvalue weighted by atomic mass is 79.9. The number of carbonyl (C=O) groups excluding carboxylic acids is 5. The maximum absolute atomic E-state index is 12.8. The third-order valence-corrected chi connectivity index (χ3v) is 9.61. The van der Waals surface area contributed by atoms with Crippen LogP contribution in [0.5, 0.6) is 0 Å². The minimum absolute atomic E-state index is 0.0434. The van der Waals surface area contributed by atoms with Crippen LogP contribution in [0.15, 0.2) is 24.3 Å².